The van der Waals surface area contributed by atoms with Gasteiger partial charge in [0.05, 0.1) is 35.6 Å². The van der Waals surface area contributed by atoms with Crippen LogP contribution in [-0.2, 0) is 19.3 Å². The highest BCUT2D eigenvalue weighted by Crippen LogP contribution is 2.43. The molecular formula is C21H28O5S. The Labute approximate surface area is 161 Å². The number of sulfone groups is 1. The number of hydrogen-bond acceptors (Lipinski definition) is 5. The van der Waals surface area contributed by atoms with Crippen LogP contribution >= 0.6 is 0 Å². The van der Waals surface area contributed by atoms with Gasteiger partial charge in [0, 0.05) is 12.8 Å². The van der Waals surface area contributed by atoms with E-state index in [1.807, 2.05) is 6.92 Å². The van der Waals surface area contributed by atoms with Crippen LogP contribution in [0.1, 0.15) is 39.0 Å². The van der Waals surface area contributed by atoms with Crippen LogP contribution in [0.15, 0.2) is 53.1 Å². The minimum Gasteiger partial charge on any atom is -0.393 e. The van der Waals surface area contributed by atoms with Crippen LogP contribution in [0.5, 0.6) is 0 Å². The van der Waals surface area contributed by atoms with Crippen LogP contribution in [0.2, 0.25) is 0 Å². The smallest absolute Gasteiger partial charge is 0.178 e. The summed E-state index contributed by atoms with van der Waals surface area (Å²) in [5, 5.41) is 10.0. The first-order chi connectivity index (χ1) is 12.9. The lowest BCUT2D eigenvalue weighted by molar-refractivity contribution is -0.181. The molecule has 6 heteroatoms. The predicted molar refractivity (Wildman–Crippen MR) is 103 cm³/mol. The third-order valence-electron chi connectivity index (χ3n) is 5.58. The number of fused-ring (bicyclic) bond motifs is 1. The SMILES string of the molecule is C=C=C(C)C[C@H]1CC[C@@H]2OC(CCS(=O)(=O)c3ccccc3)C[C@]2(CO)O1. The first-order valence-electron chi connectivity index (χ1n) is 9.46. The van der Waals surface area contributed by atoms with Crippen molar-refractivity contribution in [3.05, 3.63) is 48.2 Å². The van der Waals surface area contributed by atoms with E-state index in [1.54, 1.807) is 30.3 Å². The molecule has 1 aromatic carbocycles. The van der Waals surface area contributed by atoms with Crippen LogP contribution in [0.25, 0.3) is 0 Å². The highest BCUT2D eigenvalue weighted by atomic mass is 32.2. The molecule has 1 aromatic rings. The molecule has 4 atom stereocenters. The highest BCUT2D eigenvalue weighted by Gasteiger charge is 2.52. The fourth-order valence-corrected chi connectivity index (χ4v) is 5.45. The second kappa shape index (κ2) is 8.29. The lowest BCUT2D eigenvalue weighted by atomic mass is 9.86. The van der Waals surface area contributed by atoms with Gasteiger partial charge in [-0.25, -0.2) is 8.42 Å². The molecule has 2 aliphatic heterocycles. The summed E-state index contributed by atoms with van der Waals surface area (Å²) in [6.45, 7) is 5.52. The Morgan fingerprint density at radius 3 is 2.70 bits per heavy atom. The molecule has 148 valence electrons. The number of aliphatic hydroxyl groups is 1. The largest absolute Gasteiger partial charge is 0.393 e. The van der Waals surface area contributed by atoms with Crippen LogP contribution in [0, 0.1) is 0 Å². The molecule has 1 unspecified atom stereocenters. The molecule has 2 fully saturated rings. The zero-order valence-corrected chi connectivity index (χ0v) is 16.6. The van der Waals surface area contributed by atoms with Gasteiger partial charge < -0.3 is 14.6 Å². The molecule has 5 nitrogen and oxygen atoms in total. The minimum absolute atomic E-state index is 0.0121. The van der Waals surface area contributed by atoms with E-state index < -0.39 is 15.4 Å². The van der Waals surface area contributed by atoms with E-state index in [-0.39, 0.29) is 30.7 Å². The Hall–Kier alpha value is -1.43. The van der Waals surface area contributed by atoms with Crippen molar-refractivity contribution >= 4 is 9.84 Å². The van der Waals surface area contributed by atoms with E-state index in [0.717, 1.165) is 24.8 Å². The summed E-state index contributed by atoms with van der Waals surface area (Å²) in [4.78, 5) is 0.334. The standard InChI is InChI=1S/C21H28O5S/c1-3-16(2)13-17-9-10-20-21(15-22,26-17)14-18(25-20)11-12-27(23,24)19-7-5-4-6-8-19/h4-8,17-18,20,22H,1,9-15H2,2H3/t17-,18?,20+,21-/m1/s1. The molecule has 2 aliphatic rings. The zero-order chi connectivity index (χ0) is 19.5. The molecule has 27 heavy (non-hydrogen) atoms. The lowest BCUT2D eigenvalue weighted by Gasteiger charge is -2.41. The molecule has 0 aliphatic carbocycles. The van der Waals surface area contributed by atoms with Crippen molar-refractivity contribution in [3.8, 4) is 0 Å². The molecule has 2 heterocycles. The molecule has 1 N–H and O–H groups in total. The fraction of sp³-hybridized carbons (Fsp3) is 0.571. The molecule has 0 radical (unpaired) electrons. The third-order valence-corrected chi connectivity index (χ3v) is 7.35. The quantitative estimate of drug-likeness (QED) is 0.722. The van der Waals surface area contributed by atoms with Crippen LogP contribution in [0.4, 0.5) is 0 Å². The molecule has 0 saturated carbocycles. The van der Waals surface area contributed by atoms with Crippen molar-refractivity contribution < 1.29 is 23.0 Å². The normalized spacial score (nSPS) is 30.5. The van der Waals surface area contributed by atoms with E-state index in [4.69, 9.17) is 9.47 Å². The molecule has 0 spiro atoms. The topological polar surface area (TPSA) is 72.8 Å². The Bertz CT molecular complexity index is 797. The van der Waals surface area contributed by atoms with Gasteiger partial charge in [0.25, 0.3) is 0 Å². The predicted octanol–water partition coefficient (Wildman–Crippen LogP) is 3.04. The summed E-state index contributed by atoms with van der Waals surface area (Å²) in [7, 11) is -3.34. The third kappa shape index (κ3) is 4.53. The molecule has 0 amide bonds. The van der Waals surface area contributed by atoms with Gasteiger partial charge in [-0.3, -0.25) is 0 Å². The average Bonchev–Trinajstić information content (AvgIpc) is 3.05. The minimum atomic E-state index is -3.34. The Balaban J connectivity index is 1.63. The number of ether oxygens (including phenoxy) is 2. The average molecular weight is 393 g/mol. The number of benzene rings is 1. The highest BCUT2D eigenvalue weighted by molar-refractivity contribution is 7.91. The van der Waals surface area contributed by atoms with Gasteiger partial charge in [-0.2, -0.15) is 0 Å². The Morgan fingerprint density at radius 1 is 1.30 bits per heavy atom. The second-order valence-electron chi connectivity index (χ2n) is 7.57. The van der Waals surface area contributed by atoms with Gasteiger partial charge in [0.2, 0.25) is 0 Å². The van der Waals surface area contributed by atoms with Gasteiger partial charge in [0.1, 0.15) is 5.60 Å². The first-order valence-corrected chi connectivity index (χ1v) is 11.1. The maximum atomic E-state index is 12.5. The molecule has 0 aromatic heterocycles. The maximum Gasteiger partial charge on any atom is 0.178 e. The summed E-state index contributed by atoms with van der Waals surface area (Å²) in [5.41, 5.74) is 3.20. The van der Waals surface area contributed by atoms with Crippen LogP contribution in [0.3, 0.4) is 0 Å². The zero-order valence-electron chi connectivity index (χ0n) is 15.8. The molecule has 3 rings (SSSR count). The second-order valence-corrected chi connectivity index (χ2v) is 9.68. The summed E-state index contributed by atoms with van der Waals surface area (Å²) < 4.78 is 37.4. The van der Waals surface area contributed by atoms with E-state index in [1.165, 1.54) is 0 Å². The van der Waals surface area contributed by atoms with Gasteiger partial charge in [-0.05, 0) is 43.9 Å². The van der Waals surface area contributed by atoms with Gasteiger partial charge in [0.15, 0.2) is 9.84 Å². The lowest BCUT2D eigenvalue weighted by Crippen LogP contribution is -2.51. The fourth-order valence-electron chi connectivity index (χ4n) is 4.07. The van der Waals surface area contributed by atoms with Crippen molar-refractivity contribution in [2.75, 3.05) is 12.4 Å². The monoisotopic (exact) mass is 392 g/mol. The summed E-state index contributed by atoms with van der Waals surface area (Å²) in [6, 6.07) is 8.47. The van der Waals surface area contributed by atoms with Crippen molar-refractivity contribution in [2.45, 2.75) is 67.8 Å². The van der Waals surface area contributed by atoms with Crippen molar-refractivity contribution in [1.82, 2.24) is 0 Å². The Morgan fingerprint density at radius 2 is 2.04 bits per heavy atom. The van der Waals surface area contributed by atoms with E-state index in [0.29, 0.717) is 17.7 Å². The van der Waals surface area contributed by atoms with Crippen molar-refractivity contribution in [2.24, 2.45) is 0 Å². The summed E-state index contributed by atoms with van der Waals surface area (Å²) in [5.74, 6) is 0.0254. The molecular weight excluding hydrogens is 364 g/mol. The van der Waals surface area contributed by atoms with Crippen LogP contribution < -0.4 is 0 Å². The summed E-state index contributed by atoms with van der Waals surface area (Å²) >= 11 is 0. The number of hydrogen-bond donors (Lipinski definition) is 1. The van der Waals surface area contributed by atoms with Crippen molar-refractivity contribution in [3.63, 3.8) is 0 Å². The van der Waals surface area contributed by atoms with Gasteiger partial charge in [-0.15, -0.1) is 5.73 Å². The van der Waals surface area contributed by atoms with Gasteiger partial charge >= 0.3 is 0 Å². The van der Waals surface area contributed by atoms with E-state index in [2.05, 4.69) is 12.3 Å². The van der Waals surface area contributed by atoms with E-state index in [9.17, 15) is 13.5 Å². The summed E-state index contributed by atoms with van der Waals surface area (Å²) in [6.07, 6.45) is 2.91. The number of aliphatic hydroxyl groups excluding tert-OH is 1. The molecule has 0 bridgehead atoms. The molecule has 2 saturated heterocycles. The van der Waals surface area contributed by atoms with Crippen LogP contribution in [-0.4, -0.2) is 49.8 Å². The maximum absolute atomic E-state index is 12.5. The van der Waals surface area contributed by atoms with Gasteiger partial charge in [-0.1, -0.05) is 24.8 Å². The Kier molecular flexibility index (Phi) is 6.24. The van der Waals surface area contributed by atoms with Crippen molar-refractivity contribution in [1.29, 1.82) is 0 Å². The van der Waals surface area contributed by atoms with E-state index >= 15 is 0 Å². The number of rotatable bonds is 7. The first kappa shape index (κ1) is 20.3.